The van der Waals surface area contributed by atoms with Gasteiger partial charge in [0.15, 0.2) is 0 Å². The van der Waals surface area contributed by atoms with Crippen molar-refractivity contribution in [2.45, 2.75) is 31.8 Å². The van der Waals surface area contributed by atoms with Crippen molar-refractivity contribution in [3.8, 4) is 0 Å². The zero-order chi connectivity index (χ0) is 25.6. The van der Waals surface area contributed by atoms with Gasteiger partial charge in [0.2, 0.25) is 6.10 Å². The molecule has 0 saturated heterocycles. The zero-order valence-corrected chi connectivity index (χ0v) is 18.9. The summed E-state index contributed by atoms with van der Waals surface area (Å²) in [6.45, 7) is 0.275. The SMILES string of the molecule is O=C(O)/C=C/c1ccc(C(OC(=O)/C=C/c2ccc(F)cc2)C(=O)NCCCCCC(=O)O)cc1. The Kier molecular flexibility index (Phi) is 10.9. The Morgan fingerprint density at radius 1 is 0.857 bits per heavy atom. The van der Waals surface area contributed by atoms with Crippen LogP contribution in [0.25, 0.3) is 12.2 Å². The summed E-state index contributed by atoms with van der Waals surface area (Å²) in [6, 6.07) is 11.7. The molecule has 0 aliphatic heterocycles. The van der Waals surface area contributed by atoms with Gasteiger partial charge >= 0.3 is 17.9 Å². The average Bonchev–Trinajstić information content (AvgIpc) is 2.83. The number of hydrogen-bond acceptors (Lipinski definition) is 5. The minimum Gasteiger partial charge on any atom is -0.481 e. The topological polar surface area (TPSA) is 130 Å². The van der Waals surface area contributed by atoms with Gasteiger partial charge in [0.1, 0.15) is 5.82 Å². The van der Waals surface area contributed by atoms with Crippen LogP contribution in [-0.4, -0.2) is 40.6 Å². The van der Waals surface area contributed by atoms with Crippen LogP contribution in [0.1, 0.15) is 48.5 Å². The number of rotatable bonds is 13. The van der Waals surface area contributed by atoms with E-state index in [9.17, 15) is 23.6 Å². The lowest BCUT2D eigenvalue weighted by atomic mass is 10.1. The molecule has 1 amide bonds. The number of carboxylic acid groups (broad SMARTS) is 2. The Morgan fingerprint density at radius 2 is 1.46 bits per heavy atom. The van der Waals surface area contributed by atoms with Gasteiger partial charge in [-0.15, -0.1) is 0 Å². The monoisotopic (exact) mass is 483 g/mol. The molecule has 1 atom stereocenters. The summed E-state index contributed by atoms with van der Waals surface area (Å²) in [4.78, 5) is 46.5. The van der Waals surface area contributed by atoms with Crippen molar-refractivity contribution in [3.05, 3.63) is 83.2 Å². The Morgan fingerprint density at radius 3 is 2.06 bits per heavy atom. The molecule has 0 radical (unpaired) electrons. The summed E-state index contributed by atoms with van der Waals surface area (Å²) >= 11 is 0. The number of carbonyl (C=O) groups excluding carboxylic acids is 2. The summed E-state index contributed by atoms with van der Waals surface area (Å²) in [5, 5.41) is 20.1. The van der Waals surface area contributed by atoms with Crippen LogP contribution in [0.4, 0.5) is 4.39 Å². The van der Waals surface area contributed by atoms with E-state index in [1.165, 1.54) is 36.4 Å². The number of esters is 1. The number of ether oxygens (including phenoxy) is 1. The first-order chi connectivity index (χ1) is 16.7. The van der Waals surface area contributed by atoms with Crippen LogP contribution in [0.2, 0.25) is 0 Å². The summed E-state index contributed by atoms with van der Waals surface area (Å²) < 4.78 is 18.4. The molecule has 8 nitrogen and oxygen atoms in total. The van der Waals surface area contributed by atoms with E-state index in [4.69, 9.17) is 14.9 Å². The molecule has 9 heteroatoms. The van der Waals surface area contributed by atoms with Crippen LogP contribution in [-0.2, 0) is 23.9 Å². The third-order valence-electron chi connectivity index (χ3n) is 4.78. The number of benzene rings is 2. The van der Waals surface area contributed by atoms with Crippen molar-refractivity contribution >= 4 is 36.0 Å². The summed E-state index contributed by atoms with van der Waals surface area (Å²) in [5.74, 6) is -3.73. The van der Waals surface area contributed by atoms with Gasteiger partial charge in [0, 0.05) is 30.7 Å². The molecule has 0 aromatic heterocycles. The number of aliphatic carboxylic acids is 2. The van der Waals surface area contributed by atoms with E-state index in [1.807, 2.05) is 0 Å². The highest BCUT2D eigenvalue weighted by Gasteiger charge is 2.24. The molecule has 0 fully saturated rings. The Balaban J connectivity index is 2.08. The number of carbonyl (C=O) groups is 4. The summed E-state index contributed by atoms with van der Waals surface area (Å²) in [6.07, 6.45) is 5.37. The highest BCUT2D eigenvalue weighted by Crippen LogP contribution is 2.20. The van der Waals surface area contributed by atoms with E-state index < -0.39 is 35.7 Å². The number of halogens is 1. The highest BCUT2D eigenvalue weighted by molar-refractivity contribution is 5.91. The van der Waals surface area contributed by atoms with Crippen LogP contribution in [0.15, 0.2) is 60.7 Å². The predicted molar refractivity (Wildman–Crippen MR) is 126 cm³/mol. The third kappa shape index (κ3) is 10.5. The van der Waals surface area contributed by atoms with Crippen LogP contribution in [0.5, 0.6) is 0 Å². The van der Waals surface area contributed by atoms with Crippen LogP contribution in [0, 0.1) is 5.82 Å². The first kappa shape index (κ1) is 27.0. The van der Waals surface area contributed by atoms with E-state index in [1.54, 1.807) is 24.3 Å². The number of unbranched alkanes of at least 4 members (excludes halogenated alkanes) is 2. The van der Waals surface area contributed by atoms with Crippen molar-refractivity contribution in [2.75, 3.05) is 6.54 Å². The van der Waals surface area contributed by atoms with E-state index in [0.717, 1.165) is 12.2 Å². The molecule has 0 bridgehead atoms. The standard InChI is InChI=1S/C26H26FNO7/c27-21-13-7-19(8-14-21)10-16-24(33)35-25(26(34)28-17-3-1-2-4-22(29)30)20-11-5-18(6-12-20)9-15-23(31)32/h5-16,25H,1-4,17H2,(H,28,34)(H,29,30)(H,31,32)/b15-9+,16-10+. The van der Waals surface area contributed by atoms with E-state index >= 15 is 0 Å². The van der Waals surface area contributed by atoms with Crippen molar-refractivity contribution in [3.63, 3.8) is 0 Å². The fraction of sp³-hybridized carbons (Fsp3) is 0.231. The zero-order valence-electron chi connectivity index (χ0n) is 18.9. The summed E-state index contributed by atoms with van der Waals surface area (Å²) in [5.41, 5.74) is 1.53. The number of amides is 1. The lowest BCUT2D eigenvalue weighted by molar-refractivity contribution is -0.151. The minimum atomic E-state index is -1.27. The fourth-order valence-corrected chi connectivity index (χ4v) is 3.00. The molecule has 0 heterocycles. The van der Waals surface area contributed by atoms with E-state index in [0.29, 0.717) is 36.0 Å². The Labute approximate surface area is 201 Å². The second-order valence-electron chi connectivity index (χ2n) is 7.54. The van der Waals surface area contributed by atoms with Crippen molar-refractivity contribution < 1.29 is 38.5 Å². The van der Waals surface area contributed by atoms with Crippen LogP contribution < -0.4 is 5.32 Å². The average molecular weight is 483 g/mol. The summed E-state index contributed by atoms with van der Waals surface area (Å²) in [7, 11) is 0. The lowest BCUT2D eigenvalue weighted by Crippen LogP contribution is -2.32. The molecular weight excluding hydrogens is 457 g/mol. The quantitative estimate of drug-likeness (QED) is 0.223. The van der Waals surface area contributed by atoms with Gasteiger partial charge in [-0.05, 0) is 48.3 Å². The Bertz CT molecular complexity index is 1080. The van der Waals surface area contributed by atoms with Gasteiger partial charge < -0.3 is 20.3 Å². The smallest absolute Gasteiger partial charge is 0.331 e. The molecule has 3 N–H and O–H groups in total. The van der Waals surface area contributed by atoms with Gasteiger partial charge in [0.05, 0.1) is 0 Å². The molecule has 184 valence electrons. The number of carboxylic acids is 2. The molecule has 35 heavy (non-hydrogen) atoms. The van der Waals surface area contributed by atoms with Crippen LogP contribution >= 0.6 is 0 Å². The van der Waals surface area contributed by atoms with Gasteiger partial charge in [-0.1, -0.05) is 42.8 Å². The van der Waals surface area contributed by atoms with E-state index in [-0.39, 0.29) is 13.0 Å². The van der Waals surface area contributed by atoms with Gasteiger partial charge in [-0.2, -0.15) is 0 Å². The number of hydrogen-bond donors (Lipinski definition) is 3. The first-order valence-electron chi connectivity index (χ1n) is 10.9. The molecule has 0 aliphatic rings. The van der Waals surface area contributed by atoms with Crippen molar-refractivity contribution in [1.82, 2.24) is 5.32 Å². The molecule has 2 aromatic carbocycles. The highest BCUT2D eigenvalue weighted by atomic mass is 19.1. The van der Waals surface area contributed by atoms with Crippen molar-refractivity contribution in [2.24, 2.45) is 0 Å². The van der Waals surface area contributed by atoms with Crippen molar-refractivity contribution in [1.29, 1.82) is 0 Å². The first-order valence-corrected chi connectivity index (χ1v) is 10.9. The molecule has 2 rings (SSSR count). The molecule has 1 unspecified atom stereocenters. The number of nitrogens with one attached hydrogen (secondary N) is 1. The molecular formula is C26H26FNO7. The maximum Gasteiger partial charge on any atom is 0.331 e. The Hall–Kier alpha value is -4.27. The molecule has 2 aromatic rings. The normalized spacial score (nSPS) is 11.9. The van der Waals surface area contributed by atoms with Gasteiger partial charge in [0.25, 0.3) is 5.91 Å². The van der Waals surface area contributed by atoms with Gasteiger partial charge in [-0.25, -0.2) is 14.0 Å². The van der Waals surface area contributed by atoms with E-state index in [2.05, 4.69) is 5.32 Å². The van der Waals surface area contributed by atoms with Gasteiger partial charge in [-0.3, -0.25) is 9.59 Å². The van der Waals surface area contributed by atoms with Crippen LogP contribution in [0.3, 0.4) is 0 Å². The minimum absolute atomic E-state index is 0.0528. The lowest BCUT2D eigenvalue weighted by Gasteiger charge is -2.17. The second kappa shape index (κ2) is 14.1. The largest absolute Gasteiger partial charge is 0.481 e. The third-order valence-corrected chi connectivity index (χ3v) is 4.78. The second-order valence-corrected chi connectivity index (χ2v) is 7.54. The molecule has 0 aliphatic carbocycles. The maximum atomic E-state index is 13.0. The maximum absolute atomic E-state index is 13.0. The fourth-order valence-electron chi connectivity index (χ4n) is 3.00. The molecule has 0 saturated carbocycles. The predicted octanol–water partition coefficient (Wildman–Crippen LogP) is 3.98. The molecule has 0 spiro atoms.